The van der Waals surface area contributed by atoms with Crippen LogP contribution in [-0.2, 0) is 11.2 Å². The smallest absolute Gasteiger partial charge is 0.259 e. The van der Waals surface area contributed by atoms with Gasteiger partial charge in [-0.05, 0) is 43.3 Å². The van der Waals surface area contributed by atoms with Crippen molar-refractivity contribution in [3.8, 4) is 11.5 Å². The Balaban J connectivity index is 1.53. The number of carbonyl (C=O) groups excluding carboxylic acids is 2. The van der Waals surface area contributed by atoms with Gasteiger partial charge in [-0.3, -0.25) is 9.59 Å². The quantitative estimate of drug-likeness (QED) is 0.492. The third-order valence-corrected chi connectivity index (χ3v) is 4.64. The predicted octanol–water partition coefficient (Wildman–Crippen LogP) is 3.63. The van der Waals surface area contributed by atoms with Crippen LogP contribution in [0.5, 0.6) is 0 Å². The number of amides is 1. The van der Waals surface area contributed by atoms with Gasteiger partial charge in [0.2, 0.25) is 5.91 Å². The molecule has 0 radical (unpaired) electrons. The molecule has 27 heavy (non-hydrogen) atoms. The number of anilines is 1. The van der Waals surface area contributed by atoms with Crippen LogP contribution in [0.15, 0.2) is 52.1 Å². The van der Waals surface area contributed by atoms with E-state index in [0.717, 1.165) is 10.6 Å². The zero-order valence-corrected chi connectivity index (χ0v) is 15.7. The van der Waals surface area contributed by atoms with E-state index in [1.165, 1.54) is 18.7 Å². The molecule has 1 N–H and O–H groups in total. The normalized spacial score (nSPS) is 10.6. The SMILES string of the molecule is CCc1noc(-c2ccc(SCC(=O)Nc3ccc(C(C)=O)cc3)nc2)n1. The van der Waals surface area contributed by atoms with E-state index >= 15 is 0 Å². The number of thioether (sulfide) groups is 1. The Morgan fingerprint density at radius 2 is 1.93 bits per heavy atom. The molecule has 138 valence electrons. The van der Waals surface area contributed by atoms with Crippen LogP contribution in [0, 0.1) is 0 Å². The zero-order chi connectivity index (χ0) is 19.2. The molecule has 8 heteroatoms. The number of hydrogen-bond acceptors (Lipinski definition) is 7. The van der Waals surface area contributed by atoms with Crippen LogP contribution in [0.3, 0.4) is 0 Å². The molecular formula is C19H18N4O3S. The van der Waals surface area contributed by atoms with E-state index in [1.54, 1.807) is 30.5 Å². The molecule has 0 spiro atoms. The third kappa shape index (κ3) is 5.01. The van der Waals surface area contributed by atoms with Gasteiger partial charge >= 0.3 is 0 Å². The summed E-state index contributed by atoms with van der Waals surface area (Å²) in [4.78, 5) is 31.9. The lowest BCUT2D eigenvalue weighted by molar-refractivity contribution is -0.113. The van der Waals surface area contributed by atoms with Crippen molar-refractivity contribution in [3.05, 3.63) is 54.0 Å². The molecule has 0 atom stereocenters. The number of nitrogens with one attached hydrogen (secondary N) is 1. The van der Waals surface area contributed by atoms with Crippen LogP contribution in [0.25, 0.3) is 11.5 Å². The molecule has 0 fully saturated rings. The maximum atomic E-state index is 12.1. The fourth-order valence-electron chi connectivity index (χ4n) is 2.23. The van der Waals surface area contributed by atoms with Gasteiger partial charge in [0.05, 0.1) is 16.3 Å². The molecule has 3 rings (SSSR count). The average molecular weight is 382 g/mol. The van der Waals surface area contributed by atoms with Crippen LogP contribution >= 0.6 is 11.8 Å². The summed E-state index contributed by atoms with van der Waals surface area (Å²) in [6.07, 6.45) is 2.35. The fraction of sp³-hybridized carbons (Fsp3) is 0.211. The fourth-order valence-corrected chi connectivity index (χ4v) is 2.87. The van der Waals surface area contributed by atoms with Gasteiger partial charge in [0, 0.05) is 23.9 Å². The molecule has 0 aliphatic rings. The van der Waals surface area contributed by atoms with Crippen LogP contribution in [0.1, 0.15) is 30.0 Å². The third-order valence-electron chi connectivity index (χ3n) is 3.69. The lowest BCUT2D eigenvalue weighted by Crippen LogP contribution is -2.14. The molecule has 7 nitrogen and oxygen atoms in total. The first-order valence-corrected chi connectivity index (χ1v) is 9.36. The molecular weight excluding hydrogens is 364 g/mol. The zero-order valence-electron chi connectivity index (χ0n) is 14.9. The number of aromatic nitrogens is 3. The number of rotatable bonds is 7. The summed E-state index contributed by atoms with van der Waals surface area (Å²) in [6, 6.07) is 10.4. The molecule has 0 saturated carbocycles. The van der Waals surface area contributed by atoms with Gasteiger partial charge in [0.25, 0.3) is 5.89 Å². The summed E-state index contributed by atoms with van der Waals surface area (Å²) < 4.78 is 5.18. The highest BCUT2D eigenvalue weighted by Gasteiger charge is 2.09. The average Bonchev–Trinajstić information content (AvgIpc) is 3.16. The molecule has 3 aromatic rings. The Labute approximate surface area is 160 Å². The lowest BCUT2D eigenvalue weighted by atomic mass is 10.1. The molecule has 1 amide bonds. The number of aryl methyl sites for hydroxylation is 1. The molecule has 0 aliphatic carbocycles. The van der Waals surface area contributed by atoms with Crippen molar-refractivity contribution in [3.63, 3.8) is 0 Å². The number of carbonyl (C=O) groups is 2. The summed E-state index contributed by atoms with van der Waals surface area (Å²) in [5, 5.41) is 7.37. The summed E-state index contributed by atoms with van der Waals surface area (Å²) in [5.74, 6) is 1.15. The van der Waals surface area contributed by atoms with Crippen LogP contribution in [0.4, 0.5) is 5.69 Å². The van der Waals surface area contributed by atoms with E-state index in [1.807, 2.05) is 19.1 Å². The first kappa shape index (κ1) is 18.8. The van der Waals surface area contributed by atoms with Crippen molar-refractivity contribution in [2.24, 2.45) is 0 Å². The molecule has 2 heterocycles. The van der Waals surface area contributed by atoms with Gasteiger partial charge < -0.3 is 9.84 Å². The number of benzene rings is 1. The first-order valence-electron chi connectivity index (χ1n) is 8.38. The molecule has 0 aliphatic heterocycles. The predicted molar refractivity (Wildman–Crippen MR) is 103 cm³/mol. The number of nitrogens with zero attached hydrogens (tertiary/aromatic N) is 3. The minimum Gasteiger partial charge on any atom is -0.334 e. The number of pyridine rings is 1. The Kier molecular flexibility index (Phi) is 5.97. The summed E-state index contributed by atoms with van der Waals surface area (Å²) in [6.45, 7) is 3.46. The number of Topliss-reactive ketones (excluding diaryl/α,β-unsaturated/α-hetero) is 1. The minimum absolute atomic E-state index is 0.00981. The lowest BCUT2D eigenvalue weighted by Gasteiger charge is -2.05. The topological polar surface area (TPSA) is 98.0 Å². The Bertz CT molecular complexity index is 936. The molecule has 0 saturated heterocycles. The van der Waals surface area contributed by atoms with Crippen molar-refractivity contribution in [2.45, 2.75) is 25.3 Å². The van der Waals surface area contributed by atoms with Crippen molar-refractivity contribution < 1.29 is 14.1 Å². The molecule has 0 unspecified atom stereocenters. The maximum absolute atomic E-state index is 12.1. The monoisotopic (exact) mass is 382 g/mol. The largest absolute Gasteiger partial charge is 0.334 e. The second kappa shape index (κ2) is 8.59. The second-order valence-electron chi connectivity index (χ2n) is 5.72. The van der Waals surface area contributed by atoms with Gasteiger partial charge in [0.15, 0.2) is 11.6 Å². The van der Waals surface area contributed by atoms with Gasteiger partial charge in [-0.1, -0.05) is 23.8 Å². The van der Waals surface area contributed by atoms with E-state index in [-0.39, 0.29) is 17.4 Å². The minimum atomic E-state index is -0.147. The van der Waals surface area contributed by atoms with Crippen LogP contribution in [-0.4, -0.2) is 32.6 Å². The van der Waals surface area contributed by atoms with Crippen LogP contribution < -0.4 is 5.32 Å². The van der Waals surface area contributed by atoms with Gasteiger partial charge in [-0.2, -0.15) is 4.98 Å². The number of ketones is 1. The van der Waals surface area contributed by atoms with Gasteiger partial charge in [-0.15, -0.1) is 0 Å². The molecule has 1 aromatic carbocycles. The molecule has 2 aromatic heterocycles. The van der Waals surface area contributed by atoms with Crippen molar-refractivity contribution >= 4 is 29.1 Å². The Morgan fingerprint density at radius 1 is 1.15 bits per heavy atom. The van der Waals surface area contributed by atoms with E-state index in [0.29, 0.717) is 29.4 Å². The maximum Gasteiger partial charge on any atom is 0.259 e. The highest BCUT2D eigenvalue weighted by Crippen LogP contribution is 2.21. The Hall–Kier alpha value is -3.00. The Morgan fingerprint density at radius 3 is 2.52 bits per heavy atom. The van der Waals surface area contributed by atoms with Gasteiger partial charge in [-0.25, -0.2) is 4.98 Å². The standard InChI is InChI=1S/C19H18N4O3S/c1-3-16-22-19(26-23-16)14-6-9-18(20-10-14)27-11-17(25)21-15-7-4-13(5-8-15)12(2)24/h4-10H,3,11H2,1-2H3,(H,21,25). The highest BCUT2D eigenvalue weighted by atomic mass is 32.2. The summed E-state index contributed by atoms with van der Waals surface area (Å²) in [7, 11) is 0. The van der Waals surface area contributed by atoms with Gasteiger partial charge in [0.1, 0.15) is 0 Å². The van der Waals surface area contributed by atoms with E-state index in [2.05, 4.69) is 20.4 Å². The highest BCUT2D eigenvalue weighted by molar-refractivity contribution is 7.99. The number of hydrogen-bond donors (Lipinski definition) is 1. The van der Waals surface area contributed by atoms with Crippen molar-refractivity contribution in [1.29, 1.82) is 0 Å². The van der Waals surface area contributed by atoms with E-state index in [4.69, 9.17) is 4.52 Å². The summed E-state index contributed by atoms with van der Waals surface area (Å²) >= 11 is 1.33. The second-order valence-corrected chi connectivity index (χ2v) is 6.72. The van der Waals surface area contributed by atoms with Crippen molar-refractivity contribution in [2.75, 3.05) is 11.1 Å². The van der Waals surface area contributed by atoms with Crippen molar-refractivity contribution in [1.82, 2.24) is 15.1 Å². The summed E-state index contributed by atoms with van der Waals surface area (Å²) in [5.41, 5.74) is 2.00. The van der Waals surface area contributed by atoms with Crippen LogP contribution in [0.2, 0.25) is 0 Å². The van der Waals surface area contributed by atoms with E-state index < -0.39 is 0 Å². The molecule has 0 bridgehead atoms. The first-order chi connectivity index (χ1) is 13.0. The van der Waals surface area contributed by atoms with E-state index in [9.17, 15) is 9.59 Å².